The lowest BCUT2D eigenvalue weighted by Gasteiger charge is -2.04. The molecule has 4 aromatic rings. The van der Waals surface area contributed by atoms with Gasteiger partial charge in [-0.2, -0.15) is 0 Å². The Morgan fingerprint density at radius 3 is 2.96 bits per heavy atom. The van der Waals surface area contributed by atoms with Crippen molar-refractivity contribution in [2.45, 2.75) is 6.54 Å². The van der Waals surface area contributed by atoms with Crippen molar-refractivity contribution in [3.8, 4) is 10.6 Å². The molecule has 3 heterocycles. The number of aryl methyl sites for hydroxylation is 1. The minimum Gasteiger partial charge on any atom is -0.442 e. The number of nitrogens with one attached hydrogen (secondary N) is 1. The van der Waals surface area contributed by atoms with Crippen LogP contribution in [0.4, 0.5) is 0 Å². The average molecular weight is 338 g/mol. The fraction of sp³-hybridized carbons (Fsp3) is 0.118. The number of carbonyl (C=O) groups is 1. The van der Waals surface area contributed by atoms with Gasteiger partial charge in [-0.3, -0.25) is 4.79 Å². The molecule has 4 rings (SSSR count). The van der Waals surface area contributed by atoms with Gasteiger partial charge in [0.05, 0.1) is 22.5 Å². The summed E-state index contributed by atoms with van der Waals surface area (Å²) < 4.78 is 7.34. The maximum atomic E-state index is 12.5. The number of nitrogens with zero attached hydrogens (tertiary/aromatic N) is 3. The molecule has 0 bridgehead atoms. The topological polar surface area (TPSA) is 73.0 Å². The summed E-state index contributed by atoms with van der Waals surface area (Å²) >= 11 is 1.50. The van der Waals surface area contributed by atoms with Crippen LogP contribution in [0, 0.1) is 0 Å². The predicted octanol–water partition coefficient (Wildman–Crippen LogP) is 3.22. The number of thiophene rings is 1. The molecule has 0 aliphatic rings. The maximum Gasteiger partial charge on any atom is 0.274 e. The van der Waals surface area contributed by atoms with E-state index in [9.17, 15) is 4.79 Å². The van der Waals surface area contributed by atoms with Crippen molar-refractivity contribution in [2.75, 3.05) is 0 Å². The maximum absolute atomic E-state index is 12.5. The first-order valence-corrected chi connectivity index (χ1v) is 8.28. The number of fused-ring (bicyclic) bond motifs is 1. The fourth-order valence-corrected chi connectivity index (χ4v) is 3.30. The van der Waals surface area contributed by atoms with Crippen LogP contribution in [0.3, 0.4) is 0 Å². The number of amides is 1. The van der Waals surface area contributed by atoms with Gasteiger partial charge in [0.1, 0.15) is 5.82 Å². The second-order valence-electron chi connectivity index (χ2n) is 5.27. The largest absolute Gasteiger partial charge is 0.442 e. The first-order chi connectivity index (χ1) is 11.7. The first-order valence-electron chi connectivity index (χ1n) is 7.40. The molecule has 0 saturated carbocycles. The molecule has 0 saturated heterocycles. The summed E-state index contributed by atoms with van der Waals surface area (Å²) in [5.74, 6) is 0.998. The lowest BCUT2D eigenvalue weighted by molar-refractivity contribution is 0.0945. The molecule has 120 valence electrons. The van der Waals surface area contributed by atoms with E-state index in [1.54, 1.807) is 0 Å². The molecular formula is C17H14N4O2S. The Morgan fingerprint density at radius 1 is 1.29 bits per heavy atom. The van der Waals surface area contributed by atoms with E-state index < -0.39 is 0 Å². The molecule has 6 nitrogen and oxygen atoms in total. The molecule has 1 amide bonds. The van der Waals surface area contributed by atoms with Crippen molar-refractivity contribution >= 4 is 28.3 Å². The predicted molar refractivity (Wildman–Crippen MR) is 91.7 cm³/mol. The second kappa shape index (κ2) is 5.93. The summed E-state index contributed by atoms with van der Waals surface area (Å²) in [6.45, 7) is 0.320. The Hall–Kier alpha value is -2.93. The lowest BCUT2D eigenvalue weighted by Crippen LogP contribution is -2.25. The van der Waals surface area contributed by atoms with Crippen molar-refractivity contribution in [1.82, 2.24) is 19.9 Å². The Kier molecular flexibility index (Phi) is 3.62. The van der Waals surface area contributed by atoms with E-state index in [1.165, 1.54) is 17.7 Å². The zero-order valence-electron chi connectivity index (χ0n) is 12.9. The van der Waals surface area contributed by atoms with Crippen molar-refractivity contribution in [2.24, 2.45) is 7.05 Å². The molecule has 3 aromatic heterocycles. The number of carbonyl (C=O) groups excluding carboxylic acids is 1. The van der Waals surface area contributed by atoms with Crippen LogP contribution in [0.25, 0.3) is 21.7 Å². The molecule has 0 unspecified atom stereocenters. The number of rotatable bonds is 4. The van der Waals surface area contributed by atoms with Gasteiger partial charge in [-0.25, -0.2) is 9.97 Å². The van der Waals surface area contributed by atoms with E-state index in [0.717, 1.165) is 21.7 Å². The number of aromatic nitrogens is 3. The Morgan fingerprint density at radius 2 is 2.17 bits per heavy atom. The molecule has 0 spiro atoms. The smallest absolute Gasteiger partial charge is 0.274 e. The van der Waals surface area contributed by atoms with Crippen molar-refractivity contribution in [3.63, 3.8) is 0 Å². The number of hydrogen-bond donors (Lipinski definition) is 1. The van der Waals surface area contributed by atoms with Gasteiger partial charge in [-0.15, -0.1) is 11.3 Å². The van der Waals surface area contributed by atoms with Gasteiger partial charge in [0.15, 0.2) is 17.8 Å². The third kappa shape index (κ3) is 2.48. The molecule has 0 aliphatic carbocycles. The number of oxazole rings is 1. The van der Waals surface area contributed by atoms with Crippen LogP contribution in [0.1, 0.15) is 16.3 Å². The summed E-state index contributed by atoms with van der Waals surface area (Å²) in [6, 6.07) is 11.7. The molecule has 1 aromatic carbocycles. The zero-order valence-corrected chi connectivity index (χ0v) is 13.7. The molecular weight excluding hydrogens is 324 g/mol. The Labute approximate surface area is 141 Å². The van der Waals surface area contributed by atoms with Crippen molar-refractivity contribution in [1.29, 1.82) is 0 Å². The summed E-state index contributed by atoms with van der Waals surface area (Å²) in [6.07, 6.45) is 1.29. The van der Waals surface area contributed by atoms with Gasteiger partial charge in [-0.05, 0) is 23.6 Å². The van der Waals surface area contributed by atoms with Crippen LogP contribution >= 0.6 is 11.3 Å². The fourth-order valence-electron chi connectivity index (χ4n) is 2.59. The van der Waals surface area contributed by atoms with Crippen molar-refractivity contribution < 1.29 is 9.21 Å². The Bertz CT molecular complexity index is 1000. The summed E-state index contributed by atoms with van der Waals surface area (Å²) in [7, 11) is 1.93. The quantitative estimate of drug-likeness (QED) is 0.620. The van der Waals surface area contributed by atoms with Crippen LogP contribution < -0.4 is 5.32 Å². The van der Waals surface area contributed by atoms with Gasteiger partial charge in [0.25, 0.3) is 5.91 Å². The van der Waals surface area contributed by atoms with Crippen LogP contribution in [-0.2, 0) is 13.6 Å². The van der Waals surface area contributed by atoms with Gasteiger partial charge >= 0.3 is 0 Å². The highest BCUT2D eigenvalue weighted by molar-refractivity contribution is 7.13. The van der Waals surface area contributed by atoms with E-state index in [-0.39, 0.29) is 11.6 Å². The first kappa shape index (κ1) is 14.6. The highest BCUT2D eigenvalue weighted by Crippen LogP contribution is 2.27. The minimum absolute atomic E-state index is 0.279. The zero-order chi connectivity index (χ0) is 16.5. The average Bonchev–Trinajstić information content (AvgIpc) is 3.33. The molecule has 7 heteroatoms. The standard InChI is InChI=1S/C17H14N4O2S/c1-21-12-6-3-2-5-11(12)20-14(21)9-18-17(22)15-16(23-10-19-15)13-7-4-8-24-13/h2-8,10H,9H2,1H3,(H,18,22). The number of benzene rings is 1. The molecule has 0 aliphatic heterocycles. The third-order valence-corrected chi connectivity index (χ3v) is 4.68. The van der Waals surface area contributed by atoms with Crippen LogP contribution in [0.5, 0.6) is 0 Å². The van der Waals surface area contributed by atoms with E-state index >= 15 is 0 Å². The van der Waals surface area contributed by atoms with E-state index in [4.69, 9.17) is 4.42 Å². The van der Waals surface area contributed by atoms with E-state index in [1.807, 2.05) is 53.4 Å². The number of imidazole rings is 1. The Balaban J connectivity index is 1.55. The molecule has 24 heavy (non-hydrogen) atoms. The van der Waals surface area contributed by atoms with Gasteiger partial charge in [0.2, 0.25) is 0 Å². The highest BCUT2D eigenvalue weighted by Gasteiger charge is 2.19. The third-order valence-electron chi connectivity index (χ3n) is 3.81. The van der Waals surface area contributed by atoms with Gasteiger partial charge < -0.3 is 14.3 Å². The van der Waals surface area contributed by atoms with Gasteiger partial charge in [0, 0.05) is 7.05 Å². The van der Waals surface area contributed by atoms with Crippen LogP contribution in [0.2, 0.25) is 0 Å². The SMILES string of the molecule is Cn1c(CNC(=O)c2ncoc2-c2cccs2)nc2ccccc21. The summed E-state index contributed by atoms with van der Waals surface area (Å²) in [5, 5.41) is 4.79. The van der Waals surface area contributed by atoms with Gasteiger partial charge in [-0.1, -0.05) is 18.2 Å². The second-order valence-corrected chi connectivity index (χ2v) is 6.21. The normalized spacial score (nSPS) is 11.0. The van der Waals surface area contributed by atoms with E-state index in [0.29, 0.717) is 12.3 Å². The number of hydrogen-bond acceptors (Lipinski definition) is 5. The number of para-hydroxylation sites is 2. The van der Waals surface area contributed by atoms with Crippen LogP contribution in [0.15, 0.2) is 52.6 Å². The molecule has 1 N–H and O–H groups in total. The summed E-state index contributed by atoms with van der Waals surface area (Å²) in [4.78, 5) is 21.9. The monoisotopic (exact) mass is 338 g/mol. The summed E-state index contributed by atoms with van der Waals surface area (Å²) in [5.41, 5.74) is 2.23. The molecule has 0 radical (unpaired) electrons. The molecule has 0 fully saturated rings. The lowest BCUT2D eigenvalue weighted by atomic mass is 10.3. The van der Waals surface area contributed by atoms with Crippen LogP contribution in [-0.4, -0.2) is 20.4 Å². The van der Waals surface area contributed by atoms with E-state index in [2.05, 4.69) is 15.3 Å². The minimum atomic E-state index is -0.279. The van der Waals surface area contributed by atoms with Crippen molar-refractivity contribution in [3.05, 3.63) is 59.7 Å². The highest BCUT2D eigenvalue weighted by atomic mass is 32.1. The molecule has 0 atom stereocenters.